The van der Waals surface area contributed by atoms with E-state index in [-0.39, 0.29) is 12.5 Å². The molecule has 0 heterocycles. The smallest absolute Gasteiger partial charge is 0.281 e. The lowest BCUT2D eigenvalue weighted by molar-refractivity contribution is -0.147. The Balaban J connectivity index is 2.43. The maximum Gasteiger partial charge on any atom is 0.281 e. The maximum atomic E-state index is 11.5. The second-order valence-corrected chi connectivity index (χ2v) is 5.30. The standard InChI is InChI=1S/C14H21NO3/c1-10-6-7-12(11(2)8-10)17-9-13(16)15-18-14(3,4)5/h6-8H,9H2,1-5H3,(H,15,16). The van der Waals surface area contributed by atoms with E-state index in [0.29, 0.717) is 5.75 Å². The zero-order chi connectivity index (χ0) is 13.8. The van der Waals surface area contributed by atoms with Gasteiger partial charge in [-0.3, -0.25) is 9.63 Å². The van der Waals surface area contributed by atoms with Crippen LogP contribution in [0.25, 0.3) is 0 Å². The van der Waals surface area contributed by atoms with Gasteiger partial charge >= 0.3 is 0 Å². The van der Waals surface area contributed by atoms with E-state index < -0.39 is 5.60 Å². The number of benzene rings is 1. The predicted molar refractivity (Wildman–Crippen MR) is 70.4 cm³/mol. The number of hydrogen-bond donors (Lipinski definition) is 1. The molecule has 0 spiro atoms. The lowest BCUT2D eigenvalue weighted by atomic mass is 10.1. The van der Waals surface area contributed by atoms with Crippen molar-refractivity contribution in [1.82, 2.24) is 5.48 Å². The van der Waals surface area contributed by atoms with Gasteiger partial charge < -0.3 is 4.74 Å². The van der Waals surface area contributed by atoms with E-state index >= 15 is 0 Å². The van der Waals surface area contributed by atoms with Crippen molar-refractivity contribution in [3.8, 4) is 5.75 Å². The van der Waals surface area contributed by atoms with Gasteiger partial charge in [0.1, 0.15) is 5.75 Å². The summed E-state index contributed by atoms with van der Waals surface area (Å²) in [5.74, 6) is 0.413. The first-order valence-electron chi connectivity index (χ1n) is 5.95. The summed E-state index contributed by atoms with van der Waals surface area (Å²) < 4.78 is 5.43. The van der Waals surface area contributed by atoms with Crippen molar-refractivity contribution in [3.05, 3.63) is 29.3 Å². The highest BCUT2D eigenvalue weighted by atomic mass is 16.7. The summed E-state index contributed by atoms with van der Waals surface area (Å²) in [6.07, 6.45) is 0. The van der Waals surface area contributed by atoms with Gasteiger partial charge in [-0.1, -0.05) is 17.7 Å². The average molecular weight is 251 g/mol. The molecular weight excluding hydrogens is 230 g/mol. The molecule has 1 N–H and O–H groups in total. The molecule has 1 rings (SSSR count). The van der Waals surface area contributed by atoms with Crippen molar-refractivity contribution in [2.24, 2.45) is 0 Å². The number of aryl methyl sites for hydroxylation is 2. The third-order valence-corrected chi connectivity index (χ3v) is 2.16. The SMILES string of the molecule is Cc1ccc(OCC(=O)NOC(C)(C)C)c(C)c1. The first-order chi connectivity index (χ1) is 8.28. The summed E-state index contributed by atoms with van der Waals surface area (Å²) in [6, 6.07) is 5.83. The van der Waals surface area contributed by atoms with Crippen molar-refractivity contribution in [2.75, 3.05) is 6.61 Å². The van der Waals surface area contributed by atoms with Crippen LogP contribution in [0, 0.1) is 13.8 Å². The van der Waals surface area contributed by atoms with Crippen molar-refractivity contribution >= 4 is 5.91 Å². The van der Waals surface area contributed by atoms with E-state index in [9.17, 15) is 4.79 Å². The van der Waals surface area contributed by atoms with E-state index in [4.69, 9.17) is 9.57 Å². The molecule has 1 aromatic carbocycles. The highest BCUT2D eigenvalue weighted by Gasteiger charge is 2.13. The number of rotatable bonds is 4. The average Bonchev–Trinajstić information content (AvgIpc) is 2.24. The van der Waals surface area contributed by atoms with Crippen LogP contribution < -0.4 is 10.2 Å². The summed E-state index contributed by atoms with van der Waals surface area (Å²) in [6.45, 7) is 9.49. The Labute approximate surface area is 108 Å². The maximum absolute atomic E-state index is 11.5. The lowest BCUT2D eigenvalue weighted by Gasteiger charge is -2.19. The Bertz CT molecular complexity index is 422. The van der Waals surface area contributed by atoms with Crippen LogP contribution in [0.3, 0.4) is 0 Å². The summed E-state index contributed by atoms with van der Waals surface area (Å²) in [5, 5.41) is 0. The Morgan fingerprint density at radius 3 is 2.50 bits per heavy atom. The van der Waals surface area contributed by atoms with Crippen LogP contribution in [-0.4, -0.2) is 18.1 Å². The van der Waals surface area contributed by atoms with Crippen LogP contribution in [0.4, 0.5) is 0 Å². The first kappa shape index (κ1) is 14.5. The molecule has 0 unspecified atom stereocenters. The van der Waals surface area contributed by atoms with E-state index in [1.165, 1.54) is 5.56 Å². The number of carbonyl (C=O) groups excluding carboxylic acids is 1. The van der Waals surface area contributed by atoms with Crippen molar-refractivity contribution in [3.63, 3.8) is 0 Å². The molecule has 0 radical (unpaired) electrons. The van der Waals surface area contributed by atoms with E-state index in [1.54, 1.807) is 0 Å². The Morgan fingerprint density at radius 2 is 1.94 bits per heavy atom. The minimum atomic E-state index is -0.407. The summed E-state index contributed by atoms with van der Waals surface area (Å²) in [4.78, 5) is 16.6. The molecule has 1 aromatic rings. The topological polar surface area (TPSA) is 47.6 Å². The highest BCUT2D eigenvalue weighted by molar-refractivity contribution is 5.76. The van der Waals surface area contributed by atoms with Gasteiger partial charge in [-0.25, -0.2) is 5.48 Å². The number of ether oxygens (including phenoxy) is 1. The molecule has 0 saturated carbocycles. The van der Waals surface area contributed by atoms with Gasteiger partial charge in [0, 0.05) is 0 Å². The molecule has 100 valence electrons. The van der Waals surface area contributed by atoms with E-state index in [2.05, 4.69) is 5.48 Å². The lowest BCUT2D eigenvalue weighted by Crippen LogP contribution is -2.36. The molecular formula is C14H21NO3. The summed E-state index contributed by atoms with van der Waals surface area (Å²) in [5.41, 5.74) is 4.13. The third-order valence-electron chi connectivity index (χ3n) is 2.16. The fraction of sp³-hybridized carbons (Fsp3) is 0.500. The largest absolute Gasteiger partial charge is 0.483 e. The van der Waals surface area contributed by atoms with E-state index in [0.717, 1.165) is 5.56 Å². The number of nitrogens with one attached hydrogen (secondary N) is 1. The number of hydroxylamine groups is 1. The zero-order valence-electron chi connectivity index (χ0n) is 11.7. The molecule has 0 saturated heterocycles. The second-order valence-electron chi connectivity index (χ2n) is 5.30. The quantitative estimate of drug-likeness (QED) is 0.836. The molecule has 4 nitrogen and oxygen atoms in total. The molecule has 0 bridgehead atoms. The van der Waals surface area contributed by atoms with Crippen molar-refractivity contribution in [2.45, 2.75) is 40.2 Å². The fourth-order valence-corrected chi connectivity index (χ4v) is 1.34. The molecule has 0 fully saturated rings. The van der Waals surface area contributed by atoms with Crippen LogP contribution in [0.2, 0.25) is 0 Å². The van der Waals surface area contributed by atoms with Gasteiger partial charge in [0.05, 0.1) is 5.60 Å². The molecule has 0 aromatic heterocycles. The minimum Gasteiger partial charge on any atom is -0.483 e. The number of carbonyl (C=O) groups is 1. The van der Waals surface area contributed by atoms with Crippen LogP contribution in [-0.2, 0) is 9.63 Å². The monoisotopic (exact) mass is 251 g/mol. The highest BCUT2D eigenvalue weighted by Crippen LogP contribution is 2.18. The van der Waals surface area contributed by atoms with Crippen LogP contribution in [0.15, 0.2) is 18.2 Å². The molecule has 0 aliphatic heterocycles. The van der Waals surface area contributed by atoms with Gasteiger partial charge in [-0.2, -0.15) is 0 Å². The minimum absolute atomic E-state index is 0.0556. The second kappa shape index (κ2) is 5.87. The molecule has 18 heavy (non-hydrogen) atoms. The summed E-state index contributed by atoms with van der Waals surface area (Å²) in [7, 11) is 0. The molecule has 0 aliphatic carbocycles. The Morgan fingerprint density at radius 1 is 1.28 bits per heavy atom. The summed E-state index contributed by atoms with van der Waals surface area (Å²) >= 11 is 0. The van der Waals surface area contributed by atoms with Gasteiger partial charge in [0.15, 0.2) is 6.61 Å². The Kier molecular flexibility index (Phi) is 4.73. The van der Waals surface area contributed by atoms with Gasteiger partial charge in [-0.15, -0.1) is 0 Å². The van der Waals surface area contributed by atoms with Crippen LogP contribution in [0.1, 0.15) is 31.9 Å². The zero-order valence-corrected chi connectivity index (χ0v) is 11.7. The van der Waals surface area contributed by atoms with Crippen LogP contribution in [0.5, 0.6) is 5.75 Å². The number of amides is 1. The van der Waals surface area contributed by atoms with Crippen molar-refractivity contribution in [1.29, 1.82) is 0 Å². The Hall–Kier alpha value is -1.55. The molecule has 0 atom stereocenters. The van der Waals surface area contributed by atoms with E-state index in [1.807, 2.05) is 52.8 Å². The molecule has 0 aliphatic rings. The van der Waals surface area contributed by atoms with Crippen LogP contribution >= 0.6 is 0 Å². The third kappa shape index (κ3) is 5.19. The van der Waals surface area contributed by atoms with Gasteiger partial charge in [0.2, 0.25) is 0 Å². The molecule has 1 amide bonds. The van der Waals surface area contributed by atoms with Gasteiger partial charge in [-0.05, 0) is 46.2 Å². The van der Waals surface area contributed by atoms with Crippen molar-refractivity contribution < 1.29 is 14.4 Å². The molecule has 4 heteroatoms. The fourth-order valence-electron chi connectivity index (χ4n) is 1.34. The normalized spacial score (nSPS) is 11.2. The first-order valence-corrected chi connectivity index (χ1v) is 5.95. The van der Waals surface area contributed by atoms with Gasteiger partial charge in [0.25, 0.3) is 5.91 Å². The predicted octanol–water partition coefficient (Wildman–Crippen LogP) is 2.53. The number of hydrogen-bond acceptors (Lipinski definition) is 3.